The smallest absolute Gasteiger partial charge is 0.366 e. The third-order valence-electron chi connectivity index (χ3n) is 2.34. The Balaban J connectivity index is 2.15. The molecule has 0 unspecified atom stereocenters. The predicted molar refractivity (Wildman–Crippen MR) is 65.8 cm³/mol. The number of hydrogen-bond acceptors (Lipinski definition) is 3. The summed E-state index contributed by atoms with van der Waals surface area (Å²) in [7, 11) is 0. The van der Waals surface area contributed by atoms with Gasteiger partial charge in [0.2, 0.25) is 0 Å². The lowest BCUT2D eigenvalue weighted by atomic mass is 10.2. The lowest BCUT2D eigenvalue weighted by Gasteiger charge is -2.10. The Morgan fingerprint density at radius 3 is 2.47 bits per heavy atom. The van der Waals surface area contributed by atoms with Crippen LogP contribution in [0.4, 0.5) is 19.0 Å². The Kier molecular flexibility index (Phi) is 3.90. The molecule has 0 spiro atoms. The van der Waals surface area contributed by atoms with Gasteiger partial charge < -0.3 is 5.32 Å². The molecule has 0 bridgehead atoms. The molecule has 2 rings (SSSR count). The molecule has 2 heterocycles. The van der Waals surface area contributed by atoms with E-state index in [0.29, 0.717) is 6.54 Å². The van der Waals surface area contributed by atoms with E-state index in [-0.39, 0.29) is 11.0 Å². The van der Waals surface area contributed by atoms with Crippen molar-refractivity contribution in [3.05, 3.63) is 52.9 Å². The van der Waals surface area contributed by atoms with Gasteiger partial charge in [-0.05, 0) is 29.8 Å². The molecule has 7 heteroatoms. The predicted octanol–water partition coefficient (Wildman–Crippen LogP) is 3.76. The fourth-order valence-electron chi connectivity index (χ4n) is 1.44. The summed E-state index contributed by atoms with van der Waals surface area (Å²) in [5.74, 6) is 0.0802. The third-order valence-corrected chi connectivity index (χ3v) is 2.54. The standard InChI is InChI=1S/C12H9ClF3N3/c13-10-5-9(12(14,15)16)6-11(19-10)18-7-8-1-3-17-4-2-8/h1-6H,7H2,(H,18,19). The maximum Gasteiger partial charge on any atom is 0.416 e. The van der Waals surface area contributed by atoms with Crippen molar-refractivity contribution in [3.8, 4) is 0 Å². The molecular weight excluding hydrogens is 279 g/mol. The topological polar surface area (TPSA) is 37.8 Å². The van der Waals surface area contributed by atoms with Crippen molar-refractivity contribution in [2.75, 3.05) is 5.32 Å². The van der Waals surface area contributed by atoms with Crippen LogP contribution >= 0.6 is 11.6 Å². The second-order valence-electron chi connectivity index (χ2n) is 3.77. The van der Waals surface area contributed by atoms with Gasteiger partial charge in [-0.3, -0.25) is 4.98 Å². The number of nitrogens with zero attached hydrogens (tertiary/aromatic N) is 2. The van der Waals surface area contributed by atoms with Crippen LogP contribution < -0.4 is 5.32 Å². The van der Waals surface area contributed by atoms with Crippen LogP contribution in [0, 0.1) is 0 Å². The monoisotopic (exact) mass is 287 g/mol. The van der Waals surface area contributed by atoms with Crippen molar-refractivity contribution < 1.29 is 13.2 Å². The average Bonchev–Trinajstić information content (AvgIpc) is 2.36. The van der Waals surface area contributed by atoms with E-state index in [2.05, 4.69) is 15.3 Å². The number of aromatic nitrogens is 2. The third kappa shape index (κ3) is 3.82. The first-order valence-electron chi connectivity index (χ1n) is 5.33. The molecule has 100 valence electrons. The fourth-order valence-corrected chi connectivity index (χ4v) is 1.65. The van der Waals surface area contributed by atoms with Crippen LogP contribution in [0.5, 0.6) is 0 Å². The van der Waals surface area contributed by atoms with E-state index in [1.807, 2.05) is 0 Å². The first-order chi connectivity index (χ1) is 8.95. The van der Waals surface area contributed by atoms with E-state index < -0.39 is 11.7 Å². The summed E-state index contributed by atoms with van der Waals surface area (Å²) >= 11 is 5.58. The number of halogens is 4. The zero-order valence-electron chi connectivity index (χ0n) is 9.58. The van der Waals surface area contributed by atoms with Crippen LogP contribution in [0.15, 0.2) is 36.7 Å². The molecule has 0 saturated carbocycles. The van der Waals surface area contributed by atoms with E-state index in [1.165, 1.54) is 0 Å². The van der Waals surface area contributed by atoms with Crippen molar-refractivity contribution in [1.29, 1.82) is 0 Å². The molecular formula is C12H9ClF3N3. The maximum absolute atomic E-state index is 12.6. The average molecular weight is 288 g/mol. The lowest BCUT2D eigenvalue weighted by molar-refractivity contribution is -0.137. The van der Waals surface area contributed by atoms with Gasteiger partial charge in [-0.25, -0.2) is 4.98 Å². The van der Waals surface area contributed by atoms with Gasteiger partial charge in [-0.15, -0.1) is 0 Å². The highest BCUT2D eigenvalue weighted by Gasteiger charge is 2.31. The summed E-state index contributed by atoms with van der Waals surface area (Å²) in [5, 5.41) is 2.59. The van der Waals surface area contributed by atoms with Crippen LogP contribution in [-0.4, -0.2) is 9.97 Å². The minimum Gasteiger partial charge on any atom is -0.366 e. The molecule has 0 aliphatic heterocycles. The van der Waals surface area contributed by atoms with Gasteiger partial charge in [0, 0.05) is 18.9 Å². The zero-order chi connectivity index (χ0) is 13.9. The number of anilines is 1. The summed E-state index contributed by atoms with van der Waals surface area (Å²) in [4.78, 5) is 7.65. The number of pyridine rings is 2. The molecule has 0 saturated heterocycles. The van der Waals surface area contributed by atoms with Crippen LogP contribution in [-0.2, 0) is 12.7 Å². The van der Waals surface area contributed by atoms with Crippen LogP contribution in [0.2, 0.25) is 5.15 Å². The molecule has 0 aromatic carbocycles. The Hall–Kier alpha value is -1.82. The van der Waals surface area contributed by atoms with E-state index >= 15 is 0 Å². The Morgan fingerprint density at radius 2 is 1.84 bits per heavy atom. The SMILES string of the molecule is FC(F)(F)c1cc(Cl)nc(NCc2ccncc2)c1. The van der Waals surface area contributed by atoms with E-state index in [9.17, 15) is 13.2 Å². The molecule has 3 nitrogen and oxygen atoms in total. The van der Waals surface area contributed by atoms with Crippen molar-refractivity contribution in [2.45, 2.75) is 12.7 Å². The first kappa shape index (κ1) is 13.6. The lowest BCUT2D eigenvalue weighted by Crippen LogP contribution is -2.08. The van der Waals surface area contributed by atoms with Gasteiger partial charge >= 0.3 is 6.18 Å². The number of hydrogen-bond donors (Lipinski definition) is 1. The molecule has 0 amide bonds. The fraction of sp³-hybridized carbons (Fsp3) is 0.167. The molecule has 0 fully saturated rings. The first-order valence-corrected chi connectivity index (χ1v) is 5.70. The van der Waals surface area contributed by atoms with Gasteiger partial charge in [0.1, 0.15) is 11.0 Å². The van der Waals surface area contributed by atoms with Gasteiger partial charge in [0.25, 0.3) is 0 Å². The van der Waals surface area contributed by atoms with Gasteiger partial charge in [0.15, 0.2) is 0 Å². The van der Waals surface area contributed by atoms with Gasteiger partial charge in [0.05, 0.1) is 5.56 Å². The Labute approximate surface area is 112 Å². The number of rotatable bonds is 3. The Morgan fingerprint density at radius 1 is 1.16 bits per heavy atom. The molecule has 0 radical (unpaired) electrons. The molecule has 2 aromatic heterocycles. The summed E-state index contributed by atoms with van der Waals surface area (Å²) < 4.78 is 37.8. The maximum atomic E-state index is 12.6. The Bertz CT molecular complexity index is 558. The number of alkyl halides is 3. The summed E-state index contributed by atoms with van der Waals surface area (Å²) in [6, 6.07) is 5.22. The number of nitrogens with one attached hydrogen (secondary N) is 1. The highest BCUT2D eigenvalue weighted by Crippen LogP contribution is 2.31. The van der Waals surface area contributed by atoms with Gasteiger partial charge in [-0.2, -0.15) is 13.2 Å². The second-order valence-corrected chi connectivity index (χ2v) is 4.16. The summed E-state index contributed by atoms with van der Waals surface area (Å²) in [6.45, 7) is 0.340. The normalized spacial score (nSPS) is 11.4. The molecule has 0 atom stereocenters. The zero-order valence-corrected chi connectivity index (χ0v) is 10.3. The highest BCUT2D eigenvalue weighted by atomic mass is 35.5. The van der Waals surface area contributed by atoms with Crippen LogP contribution in [0.25, 0.3) is 0 Å². The molecule has 0 aliphatic carbocycles. The van der Waals surface area contributed by atoms with Crippen LogP contribution in [0.1, 0.15) is 11.1 Å². The van der Waals surface area contributed by atoms with Crippen molar-refractivity contribution in [1.82, 2.24) is 9.97 Å². The van der Waals surface area contributed by atoms with E-state index in [1.54, 1.807) is 24.5 Å². The quantitative estimate of drug-likeness (QED) is 0.874. The van der Waals surface area contributed by atoms with E-state index in [0.717, 1.165) is 17.7 Å². The molecule has 2 aromatic rings. The summed E-state index contributed by atoms with van der Waals surface area (Å²) in [5.41, 5.74) is 0.0510. The summed E-state index contributed by atoms with van der Waals surface area (Å²) in [6.07, 6.45) is -1.24. The highest BCUT2D eigenvalue weighted by molar-refractivity contribution is 6.29. The van der Waals surface area contributed by atoms with E-state index in [4.69, 9.17) is 11.6 Å². The molecule has 1 N–H and O–H groups in total. The molecule has 19 heavy (non-hydrogen) atoms. The van der Waals surface area contributed by atoms with Crippen molar-refractivity contribution in [2.24, 2.45) is 0 Å². The minimum atomic E-state index is -4.44. The van der Waals surface area contributed by atoms with Crippen molar-refractivity contribution in [3.63, 3.8) is 0 Å². The molecule has 0 aliphatic rings. The van der Waals surface area contributed by atoms with Crippen LogP contribution in [0.3, 0.4) is 0 Å². The minimum absolute atomic E-state index is 0.0802. The van der Waals surface area contributed by atoms with Gasteiger partial charge in [-0.1, -0.05) is 11.6 Å². The largest absolute Gasteiger partial charge is 0.416 e. The van der Waals surface area contributed by atoms with Crippen molar-refractivity contribution >= 4 is 17.4 Å². The second kappa shape index (κ2) is 5.44.